The SMILES string of the molecule is CCOc1ccc(Oc2ccc(NC(=O)COc3cccc(C(C)=O)c3)cc2)cc1. The first-order chi connectivity index (χ1) is 14.5. The van der Waals surface area contributed by atoms with Crippen LogP contribution in [0.5, 0.6) is 23.0 Å². The number of benzene rings is 3. The molecule has 3 rings (SSSR count). The minimum Gasteiger partial charge on any atom is -0.494 e. The highest BCUT2D eigenvalue weighted by Gasteiger charge is 2.06. The molecule has 0 aliphatic heterocycles. The second kappa shape index (κ2) is 10.1. The van der Waals surface area contributed by atoms with Gasteiger partial charge in [0.15, 0.2) is 12.4 Å². The van der Waals surface area contributed by atoms with Crippen molar-refractivity contribution in [2.45, 2.75) is 13.8 Å². The quantitative estimate of drug-likeness (QED) is 0.502. The summed E-state index contributed by atoms with van der Waals surface area (Å²) in [6, 6.07) is 21.1. The molecule has 154 valence electrons. The van der Waals surface area contributed by atoms with E-state index in [4.69, 9.17) is 14.2 Å². The predicted molar refractivity (Wildman–Crippen MR) is 115 cm³/mol. The maximum absolute atomic E-state index is 12.1. The second-order valence-corrected chi connectivity index (χ2v) is 6.45. The largest absolute Gasteiger partial charge is 0.494 e. The molecule has 1 amide bonds. The maximum Gasteiger partial charge on any atom is 0.262 e. The third-order valence-electron chi connectivity index (χ3n) is 4.12. The Kier molecular flexibility index (Phi) is 7.05. The van der Waals surface area contributed by atoms with Crippen LogP contribution in [-0.2, 0) is 4.79 Å². The third kappa shape index (κ3) is 6.10. The Morgan fingerprint density at radius 2 is 1.43 bits per heavy atom. The minimum absolute atomic E-state index is 0.0579. The van der Waals surface area contributed by atoms with Gasteiger partial charge in [-0.25, -0.2) is 0 Å². The van der Waals surface area contributed by atoms with E-state index in [9.17, 15) is 9.59 Å². The van der Waals surface area contributed by atoms with E-state index in [0.717, 1.165) is 5.75 Å². The predicted octanol–water partition coefficient (Wildman–Crippen LogP) is 5.10. The minimum atomic E-state index is -0.302. The van der Waals surface area contributed by atoms with Crippen LogP contribution in [0.4, 0.5) is 5.69 Å². The maximum atomic E-state index is 12.1. The molecule has 0 aliphatic rings. The molecular weight excluding hydrogens is 382 g/mol. The van der Waals surface area contributed by atoms with Crippen molar-refractivity contribution >= 4 is 17.4 Å². The van der Waals surface area contributed by atoms with Crippen molar-refractivity contribution < 1.29 is 23.8 Å². The molecule has 0 atom stereocenters. The summed E-state index contributed by atoms with van der Waals surface area (Å²) < 4.78 is 16.7. The normalized spacial score (nSPS) is 10.2. The van der Waals surface area contributed by atoms with Crippen LogP contribution in [0.3, 0.4) is 0 Å². The van der Waals surface area contributed by atoms with Crippen molar-refractivity contribution in [3.8, 4) is 23.0 Å². The number of Topliss-reactive ketones (excluding diaryl/α,β-unsaturated/α-hetero) is 1. The molecule has 6 nitrogen and oxygen atoms in total. The van der Waals surface area contributed by atoms with Gasteiger partial charge in [0, 0.05) is 11.3 Å². The molecule has 0 saturated carbocycles. The number of rotatable bonds is 9. The Bertz CT molecular complexity index is 997. The molecular formula is C24H23NO5. The number of hydrogen-bond donors (Lipinski definition) is 1. The molecule has 0 bridgehead atoms. The van der Waals surface area contributed by atoms with Gasteiger partial charge in [0.25, 0.3) is 5.91 Å². The smallest absolute Gasteiger partial charge is 0.262 e. The summed E-state index contributed by atoms with van der Waals surface area (Å²) in [7, 11) is 0. The number of ketones is 1. The van der Waals surface area contributed by atoms with Crippen LogP contribution in [0.15, 0.2) is 72.8 Å². The van der Waals surface area contributed by atoms with Crippen LogP contribution in [0, 0.1) is 0 Å². The molecule has 1 N–H and O–H groups in total. The number of nitrogens with one attached hydrogen (secondary N) is 1. The lowest BCUT2D eigenvalue weighted by Gasteiger charge is -2.10. The lowest BCUT2D eigenvalue weighted by molar-refractivity contribution is -0.118. The fourth-order valence-electron chi connectivity index (χ4n) is 2.66. The van der Waals surface area contributed by atoms with Crippen LogP contribution in [0.1, 0.15) is 24.2 Å². The van der Waals surface area contributed by atoms with E-state index in [2.05, 4.69) is 5.32 Å². The number of carbonyl (C=O) groups excluding carboxylic acids is 2. The molecule has 3 aromatic carbocycles. The number of carbonyl (C=O) groups is 2. The molecule has 0 radical (unpaired) electrons. The Morgan fingerprint density at radius 1 is 0.800 bits per heavy atom. The number of anilines is 1. The van der Waals surface area contributed by atoms with E-state index in [0.29, 0.717) is 35.1 Å². The Hall–Kier alpha value is -3.80. The molecule has 0 aliphatic carbocycles. The number of ether oxygens (including phenoxy) is 3. The summed E-state index contributed by atoms with van der Waals surface area (Å²) in [6.07, 6.45) is 0. The van der Waals surface area contributed by atoms with E-state index in [1.165, 1.54) is 6.92 Å². The van der Waals surface area contributed by atoms with Gasteiger partial charge in [-0.2, -0.15) is 0 Å². The van der Waals surface area contributed by atoms with Crippen LogP contribution >= 0.6 is 0 Å². The van der Waals surface area contributed by atoms with Crippen molar-refractivity contribution in [2.75, 3.05) is 18.5 Å². The molecule has 30 heavy (non-hydrogen) atoms. The van der Waals surface area contributed by atoms with E-state index in [-0.39, 0.29) is 18.3 Å². The van der Waals surface area contributed by atoms with Gasteiger partial charge in [0.2, 0.25) is 0 Å². The van der Waals surface area contributed by atoms with E-state index >= 15 is 0 Å². The summed E-state index contributed by atoms with van der Waals surface area (Å²) in [5.74, 6) is 2.24. The standard InChI is InChI=1S/C24H23NO5/c1-3-28-20-11-13-22(14-12-20)30-21-9-7-19(8-10-21)25-24(27)16-29-23-6-4-5-18(15-23)17(2)26/h4-15H,3,16H2,1-2H3,(H,25,27). The van der Waals surface area contributed by atoms with Crippen LogP contribution in [-0.4, -0.2) is 24.9 Å². The van der Waals surface area contributed by atoms with Crippen LogP contribution in [0.2, 0.25) is 0 Å². The first-order valence-electron chi connectivity index (χ1n) is 9.58. The molecule has 0 unspecified atom stereocenters. The lowest BCUT2D eigenvalue weighted by atomic mass is 10.1. The first kappa shape index (κ1) is 20.9. The van der Waals surface area contributed by atoms with Crippen LogP contribution < -0.4 is 19.5 Å². The summed E-state index contributed by atoms with van der Waals surface area (Å²) in [6.45, 7) is 3.87. The average Bonchev–Trinajstić information content (AvgIpc) is 2.75. The lowest BCUT2D eigenvalue weighted by Crippen LogP contribution is -2.20. The Balaban J connectivity index is 1.50. The van der Waals surface area contributed by atoms with Crippen molar-refractivity contribution in [1.82, 2.24) is 0 Å². The second-order valence-electron chi connectivity index (χ2n) is 6.45. The monoisotopic (exact) mass is 405 g/mol. The molecule has 0 saturated heterocycles. The Labute approximate surface area is 175 Å². The van der Waals surface area contributed by atoms with E-state index < -0.39 is 0 Å². The van der Waals surface area contributed by atoms with Gasteiger partial charge in [-0.3, -0.25) is 9.59 Å². The molecule has 0 spiro atoms. The molecule has 0 fully saturated rings. The van der Waals surface area contributed by atoms with Crippen molar-refractivity contribution in [2.24, 2.45) is 0 Å². The zero-order valence-corrected chi connectivity index (χ0v) is 16.9. The zero-order valence-electron chi connectivity index (χ0n) is 16.9. The van der Waals surface area contributed by atoms with Crippen LogP contribution in [0.25, 0.3) is 0 Å². The summed E-state index contributed by atoms with van der Waals surface area (Å²) in [5.41, 5.74) is 1.16. The zero-order chi connectivity index (χ0) is 21.3. The fourth-order valence-corrected chi connectivity index (χ4v) is 2.66. The fraction of sp³-hybridized carbons (Fsp3) is 0.167. The van der Waals surface area contributed by atoms with Crippen molar-refractivity contribution in [3.63, 3.8) is 0 Å². The van der Waals surface area contributed by atoms with Crippen molar-refractivity contribution in [3.05, 3.63) is 78.4 Å². The number of hydrogen-bond acceptors (Lipinski definition) is 5. The van der Waals surface area contributed by atoms with Gasteiger partial charge in [-0.05, 0) is 74.5 Å². The summed E-state index contributed by atoms with van der Waals surface area (Å²) >= 11 is 0. The van der Waals surface area contributed by atoms with E-state index in [1.807, 2.05) is 31.2 Å². The van der Waals surface area contributed by atoms with Gasteiger partial charge < -0.3 is 19.5 Å². The van der Waals surface area contributed by atoms with Gasteiger partial charge >= 0.3 is 0 Å². The van der Waals surface area contributed by atoms with Gasteiger partial charge in [0.05, 0.1) is 6.61 Å². The summed E-state index contributed by atoms with van der Waals surface area (Å²) in [4.78, 5) is 23.5. The molecule has 0 heterocycles. The topological polar surface area (TPSA) is 73.9 Å². The first-order valence-corrected chi connectivity index (χ1v) is 9.58. The third-order valence-corrected chi connectivity index (χ3v) is 4.12. The van der Waals surface area contributed by atoms with E-state index in [1.54, 1.807) is 48.5 Å². The van der Waals surface area contributed by atoms with Gasteiger partial charge in [0.1, 0.15) is 23.0 Å². The van der Waals surface area contributed by atoms with Crippen molar-refractivity contribution in [1.29, 1.82) is 0 Å². The molecule has 6 heteroatoms. The highest BCUT2D eigenvalue weighted by molar-refractivity contribution is 5.94. The van der Waals surface area contributed by atoms with Gasteiger partial charge in [-0.1, -0.05) is 12.1 Å². The molecule has 3 aromatic rings. The molecule has 0 aromatic heterocycles. The highest BCUT2D eigenvalue weighted by atomic mass is 16.5. The van der Waals surface area contributed by atoms with Gasteiger partial charge in [-0.15, -0.1) is 0 Å². The Morgan fingerprint density at radius 3 is 2.07 bits per heavy atom. The highest BCUT2D eigenvalue weighted by Crippen LogP contribution is 2.25. The average molecular weight is 405 g/mol. The summed E-state index contributed by atoms with van der Waals surface area (Å²) in [5, 5.41) is 2.76. The number of amides is 1.